The number of hydrogen-bond acceptors (Lipinski definition) is 5. The Balaban J connectivity index is 2.45. The van der Waals surface area contributed by atoms with Crippen LogP contribution in [0.25, 0.3) is 0 Å². The Morgan fingerprint density at radius 3 is 2.76 bits per heavy atom. The standard InChI is InChI=1S/C15H21ClN2O3/c1-2-21-15(20)12-8-10(17)9-13(16)14(12)18(6-7-19)11-4-3-5-11/h8-9,11,19H,2-7,17H2,1H3. The molecule has 5 nitrogen and oxygen atoms in total. The molecule has 0 heterocycles. The smallest absolute Gasteiger partial charge is 0.340 e. The van der Waals surface area contributed by atoms with Gasteiger partial charge in [-0.2, -0.15) is 0 Å². The number of nitrogen functional groups attached to an aromatic ring is 1. The van der Waals surface area contributed by atoms with Crippen LogP contribution >= 0.6 is 11.6 Å². The minimum atomic E-state index is -0.441. The fourth-order valence-electron chi connectivity index (χ4n) is 2.56. The average molecular weight is 313 g/mol. The molecular weight excluding hydrogens is 292 g/mol. The first kappa shape index (κ1) is 15.9. The molecule has 0 radical (unpaired) electrons. The van der Waals surface area contributed by atoms with Gasteiger partial charge in [-0.1, -0.05) is 11.6 Å². The van der Waals surface area contributed by atoms with E-state index in [1.807, 2.05) is 4.90 Å². The molecule has 0 amide bonds. The lowest BCUT2D eigenvalue weighted by atomic mass is 9.90. The molecule has 1 saturated carbocycles. The van der Waals surface area contributed by atoms with Crippen LogP contribution in [0.3, 0.4) is 0 Å². The minimum absolute atomic E-state index is 0.000525. The molecule has 0 aromatic heterocycles. The van der Waals surface area contributed by atoms with Gasteiger partial charge in [0.2, 0.25) is 0 Å². The Bertz CT molecular complexity index is 518. The number of nitrogens with two attached hydrogens (primary N) is 1. The number of ether oxygens (including phenoxy) is 1. The zero-order chi connectivity index (χ0) is 15.4. The van der Waals surface area contributed by atoms with E-state index in [-0.39, 0.29) is 13.2 Å². The summed E-state index contributed by atoms with van der Waals surface area (Å²) >= 11 is 6.32. The maximum atomic E-state index is 12.2. The molecule has 2 rings (SSSR count). The van der Waals surface area contributed by atoms with Crippen LogP contribution < -0.4 is 10.6 Å². The molecule has 1 aromatic rings. The van der Waals surface area contributed by atoms with Gasteiger partial charge < -0.3 is 20.5 Å². The molecule has 116 valence electrons. The largest absolute Gasteiger partial charge is 0.462 e. The first-order valence-corrected chi connectivity index (χ1v) is 7.60. The molecular formula is C15H21ClN2O3. The molecule has 1 fully saturated rings. The number of rotatable bonds is 6. The summed E-state index contributed by atoms with van der Waals surface area (Å²) in [6.07, 6.45) is 3.21. The molecule has 0 saturated heterocycles. The van der Waals surface area contributed by atoms with Crippen molar-refractivity contribution in [2.24, 2.45) is 0 Å². The number of hydrogen-bond donors (Lipinski definition) is 2. The molecule has 0 unspecified atom stereocenters. The number of halogens is 1. The van der Waals surface area contributed by atoms with Crippen LogP contribution in [0.2, 0.25) is 5.02 Å². The molecule has 0 spiro atoms. The predicted octanol–water partition coefficient (Wildman–Crippen LogP) is 2.45. The maximum Gasteiger partial charge on any atom is 0.340 e. The van der Waals surface area contributed by atoms with Crippen molar-refractivity contribution in [3.8, 4) is 0 Å². The van der Waals surface area contributed by atoms with Crippen LogP contribution in [0, 0.1) is 0 Å². The Morgan fingerprint density at radius 1 is 1.52 bits per heavy atom. The average Bonchev–Trinajstić information content (AvgIpc) is 2.35. The minimum Gasteiger partial charge on any atom is -0.462 e. The highest BCUT2D eigenvalue weighted by Gasteiger charge is 2.30. The zero-order valence-corrected chi connectivity index (χ0v) is 12.9. The normalized spacial score (nSPS) is 14.6. The van der Waals surface area contributed by atoms with E-state index in [4.69, 9.17) is 22.1 Å². The number of anilines is 2. The van der Waals surface area contributed by atoms with Crippen LogP contribution in [0.5, 0.6) is 0 Å². The maximum absolute atomic E-state index is 12.2. The molecule has 1 aliphatic carbocycles. The van der Waals surface area contributed by atoms with Gasteiger partial charge in [0.25, 0.3) is 0 Å². The summed E-state index contributed by atoms with van der Waals surface area (Å²) in [6.45, 7) is 2.47. The van der Waals surface area contributed by atoms with Crippen molar-refractivity contribution in [3.05, 3.63) is 22.7 Å². The van der Waals surface area contributed by atoms with Crippen molar-refractivity contribution in [1.82, 2.24) is 0 Å². The van der Waals surface area contributed by atoms with Crippen LogP contribution in [-0.4, -0.2) is 36.9 Å². The van der Waals surface area contributed by atoms with Crippen molar-refractivity contribution in [2.45, 2.75) is 32.2 Å². The number of aliphatic hydroxyl groups is 1. The number of carbonyl (C=O) groups is 1. The van der Waals surface area contributed by atoms with Gasteiger partial charge in [0, 0.05) is 18.3 Å². The summed E-state index contributed by atoms with van der Waals surface area (Å²) in [4.78, 5) is 14.2. The molecule has 1 aliphatic rings. The fraction of sp³-hybridized carbons (Fsp3) is 0.533. The van der Waals surface area contributed by atoms with Gasteiger partial charge >= 0.3 is 5.97 Å². The number of carbonyl (C=O) groups excluding carboxylic acids is 1. The van der Waals surface area contributed by atoms with Crippen LogP contribution in [-0.2, 0) is 4.74 Å². The molecule has 6 heteroatoms. The number of aliphatic hydroxyl groups excluding tert-OH is 1. The number of esters is 1. The van der Waals surface area contributed by atoms with Crippen molar-refractivity contribution in [1.29, 1.82) is 0 Å². The van der Waals surface area contributed by atoms with E-state index in [1.54, 1.807) is 19.1 Å². The second-order valence-corrected chi connectivity index (χ2v) is 5.53. The number of benzene rings is 1. The lowest BCUT2D eigenvalue weighted by molar-refractivity contribution is 0.0526. The Kier molecular flexibility index (Phi) is 5.31. The molecule has 3 N–H and O–H groups in total. The Hall–Kier alpha value is -1.46. The van der Waals surface area contributed by atoms with Crippen molar-refractivity contribution < 1.29 is 14.6 Å². The van der Waals surface area contributed by atoms with E-state index in [9.17, 15) is 9.90 Å². The molecule has 1 aromatic carbocycles. The summed E-state index contributed by atoms with van der Waals surface area (Å²) in [5.74, 6) is -0.441. The predicted molar refractivity (Wildman–Crippen MR) is 83.9 cm³/mol. The monoisotopic (exact) mass is 312 g/mol. The van der Waals surface area contributed by atoms with E-state index in [1.165, 1.54) is 0 Å². The second-order valence-electron chi connectivity index (χ2n) is 5.12. The van der Waals surface area contributed by atoms with Crippen molar-refractivity contribution in [2.75, 3.05) is 30.4 Å². The van der Waals surface area contributed by atoms with Crippen LogP contribution in [0.1, 0.15) is 36.5 Å². The summed E-state index contributed by atoms with van der Waals surface area (Å²) in [7, 11) is 0. The van der Waals surface area contributed by atoms with Crippen molar-refractivity contribution >= 4 is 28.9 Å². The highest BCUT2D eigenvalue weighted by molar-refractivity contribution is 6.34. The van der Waals surface area contributed by atoms with Crippen LogP contribution in [0.15, 0.2) is 12.1 Å². The lowest BCUT2D eigenvalue weighted by Crippen LogP contribution is -2.43. The van der Waals surface area contributed by atoms with E-state index in [0.29, 0.717) is 34.5 Å². The van der Waals surface area contributed by atoms with E-state index < -0.39 is 5.97 Å². The zero-order valence-electron chi connectivity index (χ0n) is 12.1. The lowest BCUT2D eigenvalue weighted by Gasteiger charge is -2.40. The van der Waals surface area contributed by atoms with E-state index in [0.717, 1.165) is 19.3 Å². The van der Waals surface area contributed by atoms with Gasteiger partial charge in [-0.3, -0.25) is 0 Å². The highest BCUT2D eigenvalue weighted by atomic mass is 35.5. The van der Waals surface area contributed by atoms with E-state index >= 15 is 0 Å². The summed E-state index contributed by atoms with van der Waals surface area (Å²) in [5.41, 5.74) is 7.20. The first-order valence-electron chi connectivity index (χ1n) is 7.22. The van der Waals surface area contributed by atoms with Crippen molar-refractivity contribution in [3.63, 3.8) is 0 Å². The van der Waals surface area contributed by atoms with Gasteiger partial charge in [-0.15, -0.1) is 0 Å². The highest BCUT2D eigenvalue weighted by Crippen LogP contribution is 2.38. The van der Waals surface area contributed by atoms with Gasteiger partial charge in [-0.25, -0.2) is 4.79 Å². The third-order valence-electron chi connectivity index (χ3n) is 3.72. The molecule has 0 atom stereocenters. The van der Waals surface area contributed by atoms with E-state index in [2.05, 4.69) is 0 Å². The van der Waals surface area contributed by atoms with Gasteiger partial charge in [0.15, 0.2) is 0 Å². The number of nitrogens with zero attached hydrogens (tertiary/aromatic N) is 1. The summed E-state index contributed by atoms with van der Waals surface area (Å²) < 4.78 is 5.10. The quantitative estimate of drug-likeness (QED) is 0.623. The van der Waals surface area contributed by atoms with Gasteiger partial charge in [0.1, 0.15) is 0 Å². The molecule has 0 bridgehead atoms. The Labute approximate surface area is 129 Å². The Morgan fingerprint density at radius 2 is 2.24 bits per heavy atom. The SMILES string of the molecule is CCOC(=O)c1cc(N)cc(Cl)c1N(CCO)C1CCC1. The summed E-state index contributed by atoms with van der Waals surface area (Å²) in [6, 6.07) is 3.51. The third kappa shape index (κ3) is 3.41. The second kappa shape index (κ2) is 7.00. The molecule has 0 aliphatic heterocycles. The molecule has 21 heavy (non-hydrogen) atoms. The summed E-state index contributed by atoms with van der Waals surface area (Å²) in [5, 5.41) is 9.73. The first-order chi connectivity index (χ1) is 10.1. The topological polar surface area (TPSA) is 75.8 Å². The van der Waals surface area contributed by atoms with Gasteiger partial charge in [-0.05, 0) is 38.3 Å². The van der Waals surface area contributed by atoms with Crippen LogP contribution in [0.4, 0.5) is 11.4 Å². The third-order valence-corrected chi connectivity index (χ3v) is 4.01. The van der Waals surface area contributed by atoms with Gasteiger partial charge in [0.05, 0.1) is 29.5 Å². The fourth-order valence-corrected chi connectivity index (χ4v) is 2.90.